The maximum Gasteiger partial charge on any atom is 0.340 e. The van der Waals surface area contributed by atoms with E-state index in [1.165, 1.54) is 7.11 Å². The van der Waals surface area contributed by atoms with Crippen LogP contribution in [0.1, 0.15) is 23.7 Å². The SMILES string of the molecule is COC(=O)c1cc(N)ccc1NC(C)CCS(C)=O. The number of benzene rings is 1. The van der Waals surface area contributed by atoms with Crippen LogP contribution in [0.5, 0.6) is 0 Å². The van der Waals surface area contributed by atoms with Crippen molar-refractivity contribution in [2.24, 2.45) is 0 Å². The highest BCUT2D eigenvalue weighted by Crippen LogP contribution is 2.21. The number of anilines is 2. The van der Waals surface area contributed by atoms with Gasteiger partial charge in [0, 0.05) is 40.2 Å². The molecule has 0 aliphatic heterocycles. The predicted molar refractivity (Wildman–Crippen MR) is 78.8 cm³/mol. The van der Waals surface area contributed by atoms with Crippen LogP contribution in [0.3, 0.4) is 0 Å². The fourth-order valence-corrected chi connectivity index (χ4v) is 2.33. The number of carbonyl (C=O) groups is 1. The van der Waals surface area contributed by atoms with Crippen molar-refractivity contribution in [1.29, 1.82) is 0 Å². The molecule has 6 heteroatoms. The van der Waals surface area contributed by atoms with Crippen molar-refractivity contribution >= 4 is 28.1 Å². The number of methoxy groups -OCH3 is 1. The highest BCUT2D eigenvalue weighted by Gasteiger charge is 2.14. The summed E-state index contributed by atoms with van der Waals surface area (Å²) in [6.45, 7) is 1.98. The third-order valence-electron chi connectivity index (χ3n) is 2.69. The largest absolute Gasteiger partial charge is 0.465 e. The number of rotatable bonds is 6. The fraction of sp³-hybridized carbons (Fsp3) is 0.462. The highest BCUT2D eigenvalue weighted by atomic mass is 32.2. The van der Waals surface area contributed by atoms with E-state index in [0.717, 1.165) is 6.42 Å². The molecule has 2 unspecified atom stereocenters. The van der Waals surface area contributed by atoms with Crippen LogP contribution in [0.25, 0.3) is 0 Å². The average Bonchev–Trinajstić information content (AvgIpc) is 2.37. The smallest absolute Gasteiger partial charge is 0.340 e. The molecule has 3 N–H and O–H groups in total. The van der Waals surface area contributed by atoms with Crippen molar-refractivity contribution in [2.75, 3.05) is 30.2 Å². The summed E-state index contributed by atoms with van der Waals surface area (Å²) in [5, 5.41) is 3.22. The first-order valence-corrected chi connectivity index (χ1v) is 7.71. The Labute approximate surface area is 116 Å². The zero-order valence-electron chi connectivity index (χ0n) is 11.4. The Kier molecular flexibility index (Phi) is 5.82. The van der Waals surface area contributed by atoms with E-state index in [0.29, 0.717) is 22.7 Å². The molecule has 0 saturated heterocycles. The molecule has 2 atom stereocenters. The van der Waals surface area contributed by atoms with Gasteiger partial charge in [-0.2, -0.15) is 0 Å². The molecule has 1 rings (SSSR count). The quantitative estimate of drug-likeness (QED) is 0.613. The molecule has 19 heavy (non-hydrogen) atoms. The minimum Gasteiger partial charge on any atom is -0.465 e. The van der Waals surface area contributed by atoms with Crippen LogP contribution >= 0.6 is 0 Å². The molecule has 0 amide bonds. The van der Waals surface area contributed by atoms with Crippen LogP contribution < -0.4 is 11.1 Å². The van der Waals surface area contributed by atoms with Gasteiger partial charge in [0.2, 0.25) is 0 Å². The van der Waals surface area contributed by atoms with Gasteiger partial charge in [-0.1, -0.05) is 0 Å². The number of nitrogens with one attached hydrogen (secondary N) is 1. The minimum absolute atomic E-state index is 0.107. The third-order valence-corrected chi connectivity index (χ3v) is 3.50. The lowest BCUT2D eigenvalue weighted by atomic mass is 10.1. The Morgan fingerprint density at radius 2 is 2.21 bits per heavy atom. The monoisotopic (exact) mass is 284 g/mol. The standard InChI is InChI=1S/C13H20N2O3S/c1-9(6-7-19(3)17)15-12-5-4-10(14)8-11(12)13(16)18-2/h4-5,8-9,15H,6-7,14H2,1-3H3. The van der Waals surface area contributed by atoms with Gasteiger partial charge in [-0.05, 0) is 31.5 Å². The van der Waals surface area contributed by atoms with Gasteiger partial charge < -0.3 is 15.8 Å². The summed E-state index contributed by atoms with van der Waals surface area (Å²) in [7, 11) is 0.517. The summed E-state index contributed by atoms with van der Waals surface area (Å²) in [5.41, 5.74) is 7.27. The van der Waals surface area contributed by atoms with Crippen LogP contribution in [-0.4, -0.2) is 35.3 Å². The lowest BCUT2D eigenvalue weighted by molar-refractivity contribution is 0.0602. The second-order valence-electron chi connectivity index (χ2n) is 4.41. The van der Waals surface area contributed by atoms with Crippen LogP contribution in [-0.2, 0) is 15.5 Å². The van der Waals surface area contributed by atoms with Crippen LogP contribution in [0.15, 0.2) is 18.2 Å². The summed E-state index contributed by atoms with van der Waals surface area (Å²) in [6.07, 6.45) is 2.43. The van der Waals surface area contributed by atoms with E-state index in [-0.39, 0.29) is 6.04 Å². The third kappa shape index (κ3) is 4.90. The Balaban J connectivity index is 2.82. The first-order valence-electron chi connectivity index (χ1n) is 5.98. The Morgan fingerprint density at radius 3 is 2.79 bits per heavy atom. The molecule has 0 aliphatic rings. The number of hydrogen-bond donors (Lipinski definition) is 2. The molecular weight excluding hydrogens is 264 g/mol. The van der Waals surface area contributed by atoms with E-state index in [2.05, 4.69) is 5.32 Å². The summed E-state index contributed by atoms with van der Waals surface area (Å²) in [4.78, 5) is 11.7. The predicted octanol–water partition coefficient (Wildman–Crippen LogP) is 1.62. The van der Waals surface area contributed by atoms with Crippen molar-refractivity contribution in [2.45, 2.75) is 19.4 Å². The molecule has 1 aromatic carbocycles. The Morgan fingerprint density at radius 1 is 1.53 bits per heavy atom. The van der Waals surface area contributed by atoms with Gasteiger partial charge in [0.05, 0.1) is 12.7 Å². The Bertz CT molecular complexity index is 477. The van der Waals surface area contributed by atoms with Crippen molar-refractivity contribution in [1.82, 2.24) is 0 Å². The lowest BCUT2D eigenvalue weighted by Gasteiger charge is -2.17. The van der Waals surface area contributed by atoms with E-state index < -0.39 is 16.8 Å². The van der Waals surface area contributed by atoms with Crippen LogP contribution in [0.4, 0.5) is 11.4 Å². The van der Waals surface area contributed by atoms with Crippen molar-refractivity contribution < 1.29 is 13.7 Å². The van der Waals surface area contributed by atoms with Gasteiger partial charge >= 0.3 is 5.97 Å². The molecule has 0 fully saturated rings. The summed E-state index contributed by atoms with van der Waals surface area (Å²) in [5.74, 6) is 0.192. The van der Waals surface area contributed by atoms with E-state index in [1.54, 1.807) is 24.5 Å². The van der Waals surface area contributed by atoms with E-state index >= 15 is 0 Å². The lowest BCUT2D eigenvalue weighted by Crippen LogP contribution is -2.20. The van der Waals surface area contributed by atoms with E-state index in [9.17, 15) is 9.00 Å². The van der Waals surface area contributed by atoms with Gasteiger partial charge in [-0.3, -0.25) is 4.21 Å². The van der Waals surface area contributed by atoms with Crippen LogP contribution in [0.2, 0.25) is 0 Å². The highest BCUT2D eigenvalue weighted by molar-refractivity contribution is 7.84. The van der Waals surface area contributed by atoms with Gasteiger partial charge in [-0.25, -0.2) is 4.79 Å². The number of hydrogen-bond acceptors (Lipinski definition) is 5. The van der Waals surface area contributed by atoms with Gasteiger partial charge in [0.25, 0.3) is 0 Å². The molecule has 106 valence electrons. The number of ether oxygens (including phenoxy) is 1. The molecule has 0 heterocycles. The topological polar surface area (TPSA) is 81.4 Å². The van der Waals surface area contributed by atoms with Gasteiger partial charge in [0.15, 0.2) is 0 Å². The normalized spacial score (nSPS) is 13.6. The molecule has 0 aromatic heterocycles. The van der Waals surface area contributed by atoms with E-state index in [4.69, 9.17) is 10.5 Å². The van der Waals surface area contributed by atoms with Crippen LogP contribution in [0, 0.1) is 0 Å². The number of esters is 1. The fourth-order valence-electron chi connectivity index (χ4n) is 1.65. The zero-order chi connectivity index (χ0) is 14.4. The summed E-state index contributed by atoms with van der Waals surface area (Å²) >= 11 is 0. The second kappa shape index (κ2) is 7.13. The summed E-state index contributed by atoms with van der Waals surface area (Å²) in [6, 6.07) is 5.16. The van der Waals surface area contributed by atoms with Crippen molar-refractivity contribution in [3.63, 3.8) is 0 Å². The average molecular weight is 284 g/mol. The number of nitrogens with two attached hydrogens (primary N) is 1. The van der Waals surface area contributed by atoms with E-state index in [1.807, 2.05) is 6.92 Å². The minimum atomic E-state index is -0.815. The molecule has 0 aliphatic carbocycles. The molecule has 0 radical (unpaired) electrons. The Hall–Kier alpha value is -1.56. The van der Waals surface area contributed by atoms with Gasteiger partial charge in [0.1, 0.15) is 0 Å². The van der Waals surface area contributed by atoms with Crippen molar-refractivity contribution in [3.05, 3.63) is 23.8 Å². The maximum atomic E-state index is 11.7. The first-order chi connectivity index (χ1) is 8.93. The van der Waals surface area contributed by atoms with Gasteiger partial charge in [-0.15, -0.1) is 0 Å². The molecule has 0 saturated carbocycles. The summed E-state index contributed by atoms with van der Waals surface area (Å²) < 4.78 is 15.8. The molecule has 1 aromatic rings. The second-order valence-corrected chi connectivity index (χ2v) is 5.96. The van der Waals surface area contributed by atoms with Crippen molar-refractivity contribution in [3.8, 4) is 0 Å². The number of nitrogen functional groups attached to an aromatic ring is 1. The molecule has 0 spiro atoms. The maximum absolute atomic E-state index is 11.7. The zero-order valence-corrected chi connectivity index (χ0v) is 12.3. The molecule has 5 nitrogen and oxygen atoms in total. The molecular formula is C13H20N2O3S. The molecule has 0 bridgehead atoms. The first kappa shape index (κ1) is 15.5. The number of carbonyl (C=O) groups excluding carboxylic acids is 1.